The van der Waals surface area contributed by atoms with Crippen LogP contribution in [0.4, 0.5) is 5.69 Å². The highest BCUT2D eigenvalue weighted by Gasteiger charge is 2.31. The number of thioether (sulfide) groups is 1. The van der Waals surface area contributed by atoms with Gasteiger partial charge in [-0.1, -0.05) is 26.0 Å². The third-order valence-electron chi connectivity index (χ3n) is 4.23. The fourth-order valence-electron chi connectivity index (χ4n) is 2.76. The molecule has 1 saturated heterocycles. The van der Waals surface area contributed by atoms with Crippen LogP contribution in [-0.4, -0.2) is 43.2 Å². The highest BCUT2D eigenvalue weighted by molar-refractivity contribution is 7.99. The summed E-state index contributed by atoms with van der Waals surface area (Å²) in [5, 5.41) is 4.50. The second-order valence-corrected chi connectivity index (χ2v) is 10.4. The lowest BCUT2D eigenvalue weighted by molar-refractivity contribution is 0.102. The summed E-state index contributed by atoms with van der Waals surface area (Å²) in [5.74, 6) is 1.53. The molecule has 1 amide bonds. The quantitative estimate of drug-likeness (QED) is 0.813. The number of thiophene rings is 1. The van der Waals surface area contributed by atoms with Crippen LogP contribution in [0, 0.1) is 0 Å². The molecule has 1 fully saturated rings. The topological polar surface area (TPSA) is 66.5 Å². The monoisotopic (exact) mass is 410 g/mol. The first-order chi connectivity index (χ1) is 12.4. The van der Waals surface area contributed by atoms with E-state index in [2.05, 4.69) is 19.2 Å². The first kappa shape index (κ1) is 19.4. The molecule has 1 aliphatic rings. The van der Waals surface area contributed by atoms with Gasteiger partial charge in [0.2, 0.25) is 10.0 Å². The van der Waals surface area contributed by atoms with Gasteiger partial charge in [-0.15, -0.1) is 11.3 Å². The standard InChI is InChI=1S/C18H22N2O3S3/c1-13(2)14-4-3-5-15(12-14)19-18(21)17-16(6-9-25-17)26(22,23)20-7-10-24-11-8-20/h3-6,9,12-13H,7-8,10-11H2,1-2H3,(H,19,21). The normalized spacial score (nSPS) is 16.0. The molecule has 5 nitrogen and oxygen atoms in total. The Hall–Kier alpha value is -1.35. The van der Waals surface area contributed by atoms with Crippen LogP contribution in [-0.2, 0) is 10.0 Å². The Morgan fingerprint density at radius 1 is 1.19 bits per heavy atom. The van der Waals surface area contributed by atoms with Crippen molar-refractivity contribution in [2.45, 2.75) is 24.7 Å². The van der Waals surface area contributed by atoms with E-state index < -0.39 is 10.0 Å². The molecule has 0 unspecified atom stereocenters. The molecular formula is C18H22N2O3S3. The summed E-state index contributed by atoms with van der Waals surface area (Å²) < 4.78 is 27.3. The fourth-order valence-corrected chi connectivity index (χ4v) is 6.63. The molecule has 2 heterocycles. The first-order valence-corrected chi connectivity index (χ1v) is 11.9. The number of hydrogen-bond donors (Lipinski definition) is 1. The van der Waals surface area contributed by atoms with Gasteiger partial charge in [0.25, 0.3) is 5.91 Å². The van der Waals surface area contributed by atoms with E-state index in [1.807, 2.05) is 24.3 Å². The van der Waals surface area contributed by atoms with Gasteiger partial charge >= 0.3 is 0 Å². The van der Waals surface area contributed by atoms with Crippen LogP contribution < -0.4 is 5.32 Å². The van der Waals surface area contributed by atoms with E-state index in [0.29, 0.717) is 24.7 Å². The third-order valence-corrected chi connectivity index (χ3v) is 8.16. The van der Waals surface area contributed by atoms with Gasteiger partial charge in [0.05, 0.1) is 0 Å². The van der Waals surface area contributed by atoms with E-state index >= 15 is 0 Å². The number of nitrogens with zero attached hydrogens (tertiary/aromatic N) is 1. The fraction of sp³-hybridized carbons (Fsp3) is 0.389. The van der Waals surface area contributed by atoms with E-state index in [0.717, 1.165) is 28.4 Å². The minimum atomic E-state index is -3.64. The molecule has 0 spiro atoms. The molecule has 0 bridgehead atoms. The van der Waals surface area contributed by atoms with Crippen molar-refractivity contribution < 1.29 is 13.2 Å². The molecule has 0 atom stereocenters. The van der Waals surface area contributed by atoms with Crippen molar-refractivity contribution in [1.82, 2.24) is 4.31 Å². The molecule has 1 aliphatic heterocycles. The van der Waals surface area contributed by atoms with E-state index in [1.54, 1.807) is 17.1 Å². The number of rotatable bonds is 5. The lowest BCUT2D eigenvalue weighted by Gasteiger charge is -2.25. The van der Waals surface area contributed by atoms with Crippen molar-refractivity contribution in [3.8, 4) is 0 Å². The number of carbonyl (C=O) groups excluding carboxylic acids is 1. The summed E-state index contributed by atoms with van der Waals surface area (Å²) in [6, 6.07) is 9.17. The van der Waals surface area contributed by atoms with Crippen molar-refractivity contribution in [2.24, 2.45) is 0 Å². The number of anilines is 1. The Bertz CT molecular complexity index is 885. The van der Waals surface area contributed by atoms with Gasteiger partial charge in [0, 0.05) is 30.3 Å². The maximum atomic E-state index is 12.9. The Labute approximate surface area is 162 Å². The van der Waals surface area contributed by atoms with E-state index in [4.69, 9.17) is 0 Å². The summed E-state index contributed by atoms with van der Waals surface area (Å²) >= 11 is 2.90. The lowest BCUT2D eigenvalue weighted by atomic mass is 10.0. The average molecular weight is 411 g/mol. The minimum Gasteiger partial charge on any atom is -0.321 e. The smallest absolute Gasteiger partial charge is 0.267 e. The number of hydrogen-bond acceptors (Lipinski definition) is 5. The van der Waals surface area contributed by atoms with Gasteiger partial charge < -0.3 is 5.32 Å². The zero-order valence-electron chi connectivity index (χ0n) is 14.8. The summed E-state index contributed by atoms with van der Waals surface area (Å²) in [7, 11) is -3.64. The summed E-state index contributed by atoms with van der Waals surface area (Å²) in [6.07, 6.45) is 0. The maximum Gasteiger partial charge on any atom is 0.267 e. The van der Waals surface area contributed by atoms with Crippen molar-refractivity contribution in [1.29, 1.82) is 0 Å². The van der Waals surface area contributed by atoms with Crippen molar-refractivity contribution in [2.75, 3.05) is 29.9 Å². The van der Waals surface area contributed by atoms with Gasteiger partial charge in [0.1, 0.15) is 9.77 Å². The van der Waals surface area contributed by atoms with E-state index in [1.165, 1.54) is 10.4 Å². The summed E-state index contributed by atoms with van der Waals surface area (Å²) in [6.45, 7) is 5.14. The van der Waals surface area contributed by atoms with Gasteiger partial charge in [0.15, 0.2) is 0 Å². The van der Waals surface area contributed by atoms with Crippen LogP contribution in [0.25, 0.3) is 0 Å². The maximum absolute atomic E-state index is 12.9. The van der Waals surface area contributed by atoms with Crippen molar-refractivity contribution in [3.63, 3.8) is 0 Å². The zero-order valence-corrected chi connectivity index (χ0v) is 17.2. The second kappa shape index (κ2) is 8.12. The SMILES string of the molecule is CC(C)c1cccc(NC(=O)c2sccc2S(=O)(=O)N2CCSCC2)c1. The van der Waals surface area contributed by atoms with E-state index in [9.17, 15) is 13.2 Å². The zero-order chi connectivity index (χ0) is 18.7. The number of nitrogens with one attached hydrogen (secondary N) is 1. The molecule has 0 aliphatic carbocycles. The van der Waals surface area contributed by atoms with Crippen molar-refractivity contribution in [3.05, 3.63) is 46.2 Å². The molecule has 26 heavy (non-hydrogen) atoms. The van der Waals surface area contributed by atoms with E-state index in [-0.39, 0.29) is 15.7 Å². The van der Waals surface area contributed by atoms with Crippen molar-refractivity contribution >= 4 is 44.7 Å². The van der Waals surface area contributed by atoms with Crippen LogP contribution >= 0.6 is 23.1 Å². The molecule has 0 saturated carbocycles. The van der Waals surface area contributed by atoms with Crippen LogP contribution in [0.5, 0.6) is 0 Å². The Morgan fingerprint density at radius 2 is 1.92 bits per heavy atom. The predicted octanol–water partition coefficient (Wildman–Crippen LogP) is 3.86. The highest BCUT2D eigenvalue weighted by Crippen LogP contribution is 2.28. The number of sulfonamides is 1. The number of amides is 1. The molecule has 1 aromatic heterocycles. The predicted molar refractivity (Wildman–Crippen MR) is 109 cm³/mol. The molecule has 140 valence electrons. The molecule has 1 N–H and O–H groups in total. The van der Waals surface area contributed by atoms with Crippen LogP contribution in [0.1, 0.15) is 35.0 Å². The van der Waals surface area contributed by atoms with Gasteiger partial charge in [-0.3, -0.25) is 4.79 Å². The molecular weight excluding hydrogens is 388 g/mol. The van der Waals surface area contributed by atoms with Crippen LogP contribution in [0.15, 0.2) is 40.6 Å². The number of benzene rings is 1. The Kier molecular flexibility index (Phi) is 6.06. The van der Waals surface area contributed by atoms with Gasteiger partial charge in [-0.2, -0.15) is 16.1 Å². The summed E-state index contributed by atoms with van der Waals surface area (Å²) in [4.78, 5) is 13.1. The lowest BCUT2D eigenvalue weighted by Crippen LogP contribution is -2.38. The van der Waals surface area contributed by atoms with Gasteiger partial charge in [-0.05, 0) is 35.1 Å². The Morgan fingerprint density at radius 3 is 2.62 bits per heavy atom. The first-order valence-electron chi connectivity index (χ1n) is 8.46. The minimum absolute atomic E-state index is 0.104. The molecule has 1 aromatic carbocycles. The molecule has 3 rings (SSSR count). The van der Waals surface area contributed by atoms with Crippen LogP contribution in [0.3, 0.4) is 0 Å². The Balaban J connectivity index is 1.83. The average Bonchev–Trinajstić information content (AvgIpc) is 3.13. The molecule has 8 heteroatoms. The second-order valence-electron chi connectivity index (χ2n) is 6.36. The molecule has 2 aromatic rings. The highest BCUT2D eigenvalue weighted by atomic mass is 32.2. The third kappa shape index (κ3) is 4.14. The number of carbonyl (C=O) groups is 1. The van der Waals surface area contributed by atoms with Crippen LogP contribution in [0.2, 0.25) is 0 Å². The summed E-state index contributed by atoms with van der Waals surface area (Å²) in [5.41, 5.74) is 1.79. The van der Waals surface area contributed by atoms with Gasteiger partial charge in [-0.25, -0.2) is 8.42 Å². The molecule has 0 radical (unpaired) electrons. The largest absolute Gasteiger partial charge is 0.321 e.